The van der Waals surface area contributed by atoms with Crippen LogP contribution in [0.2, 0.25) is 0 Å². The van der Waals surface area contributed by atoms with Crippen LogP contribution in [0.1, 0.15) is 25.3 Å². The fourth-order valence-electron chi connectivity index (χ4n) is 1.83. The van der Waals surface area contributed by atoms with E-state index in [0.29, 0.717) is 0 Å². The molecule has 0 aromatic heterocycles. The summed E-state index contributed by atoms with van der Waals surface area (Å²) in [5, 5.41) is 15.1. The zero-order chi connectivity index (χ0) is 13.7. The molecular weight excluding hydrogens is 252 g/mol. The van der Waals surface area contributed by atoms with Gasteiger partial charge in [0.15, 0.2) is 0 Å². The Morgan fingerprint density at radius 3 is 2.37 bits per heavy atom. The predicted octanol–water partition coefficient (Wildman–Crippen LogP) is 4.61. The molecule has 0 radical (unpaired) electrons. The molecule has 0 heterocycles. The molecule has 98 valence electrons. The zero-order valence-corrected chi connectivity index (χ0v) is 11.9. The molecule has 1 aliphatic carbocycles. The van der Waals surface area contributed by atoms with Crippen molar-refractivity contribution in [1.29, 1.82) is 10.8 Å². The van der Waals surface area contributed by atoms with E-state index in [-0.39, 0.29) is 11.4 Å². The van der Waals surface area contributed by atoms with Crippen molar-refractivity contribution < 1.29 is 0 Å². The fraction of sp³-hybridized carbons (Fsp3) is 0.250. The highest BCUT2D eigenvalue weighted by Crippen LogP contribution is 2.29. The molecule has 0 spiro atoms. The Hall–Kier alpha value is -1.61. The largest absolute Gasteiger partial charge is 0.299 e. The van der Waals surface area contributed by atoms with Gasteiger partial charge in [0.25, 0.3) is 0 Å². The van der Waals surface area contributed by atoms with Crippen LogP contribution < -0.4 is 0 Å². The Kier molecular flexibility index (Phi) is 4.74. The molecule has 19 heavy (non-hydrogen) atoms. The number of hydrogen-bond acceptors (Lipinski definition) is 3. The van der Waals surface area contributed by atoms with Crippen LogP contribution in [0.5, 0.6) is 0 Å². The van der Waals surface area contributed by atoms with Gasteiger partial charge in [-0.25, -0.2) is 0 Å². The number of thioether (sulfide) groups is 1. The van der Waals surface area contributed by atoms with Crippen molar-refractivity contribution in [2.45, 2.75) is 31.1 Å². The van der Waals surface area contributed by atoms with Crippen LogP contribution in [0.4, 0.5) is 0 Å². The molecule has 1 aromatic rings. The predicted molar refractivity (Wildman–Crippen MR) is 83.6 cm³/mol. The summed E-state index contributed by atoms with van der Waals surface area (Å²) in [4.78, 5) is 2.19. The van der Waals surface area contributed by atoms with Gasteiger partial charge in [-0.05, 0) is 48.8 Å². The average molecular weight is 270 g/mol. The van der Waals surface area contributed by atoms with E-state index in [0.717, 1.165) is 11.3 Å². The molecule has 2 nitrogen and oxygen atoms in total. The van der Waals surface area contributed by atoms with Crippen LogP contribution in [0.25, 0.3) is 0 Å². The summed E-state index contributed by atoms with van der Waals surface area (Å²) < 4.78 is 0. The second-order valence-electron chi connectivity index (χ2n) is 4.56. The molecular formula is C16H18N2S. The van der Waals surface area contributed by atoms with E-state index in [9.17, 15) is 0 Å². The molecule has 3 heteroatoms. The van der Waals surface area contributed by atoms with Gasteiger partial charge >= 0.3 is 0 Å². The second-order valence-corrected chi connectivity index (χ2v) is 5.70. The van der Waals surface area contributed by atoms with Crippen molar-refractivity contribution in [1.82, 2.24) is 0 Å². The highest BCUT2D eigenvalue weighted by molar-refractivity contribution is 8.03. The molecule has 2 N–H and O–H groups in total. The first-order valence-corrected chi connectivity index (χ1v) is 7.34. The number of hydrogen-bond donors (Lipinski definition) is 2. The Morgan fingerprint density at radius 2 is 1.74 bits per heavy atom. The molecule has 0 fully saturated rings. The maximum absolute atomic E-state index is 7.64. The molecule has 1 aromatic carbocycles. The van der Waals surface area contributed by atoms with E-state index >= 15 is 0 Å². The first-order chi connectivity index (χ1) is 9.19. The van der Waals surface area contributed by atoms with Gasteiger partial charge < -0.3 is 0 Å². The van der Waals surface area contributed by atoms with E-state index in [1.165, 1.54) is 23.3 Å². The van der Waals surface area contributed by atoms with Gasteiger partial charge in [-0.1, -0.05) is 37.2 Å². The molecule has 0 amide bonds. The summed E-state index contributed by atoms with van der Waals surface area (Å²) >= 11 is 1.64. The Bertz CT molecular complexity index is 538. The summed E-state index contributed by atoms with van der Waals surface area (Å²) in [6.07, 6.45) is 8.93. The van der Waals surface area contributed by atoms with Gasteiger partial charge in [-0.3, -0.25) is 10.8 Å². The second kappa shape index (κ2) is 6.53. The normalized spacial score (nSPS) is 14.7. The topological polar surface area (TPSA) is 47.7 Å². The smallest absolute Gasteiger partial charge is 0.0800 e. The lowest BCUT2D eigenvalue weighted by Crippen LogP contribution is -2.09. The van der Waals surface area contributed by atoms with Crippen molar-refractivity contribution in [3.63, 3.8) is 0 Å². The quantitative estimate of drug-likeness (QED) is 0.754. The van der Waals surface area contributed by atoms with E-state index in [2.05, 4.69) is 31.2 Å². The van der Waals surface area contributed by atoms with Gasteiger partial charge in [-0.15, -0.1) is 0 Å². The lowest BCUT2D eigenvalue weighted by molar-refractivity contribution is 0.794. The number of unbranched alkanes of at least 4 members (excludes halogenated alkanes) is 1. The number of benzene rings is 1. The minimum atomic E-state index is 0.277. The maximum Gasteiger partial charge on any atom is 0.0800 e. The highest BCUT2D eigenvalue weighted by Gasteiger charge is 2.07. The van der Waals surface area contributed by atoms with E-state index in [1.54, 1.807) is 23.9 Å². The Balaban J connectivity index is 2.00. The van der Waals surface area contributed by atoms with E-state index < -0.39 is 0 Å². The molecule has 0 saturated heterocycles. The van der Waals surface area contributed by atoms with Crippen molar-refractivity contribution in [2.75, 3.05) is 0 Å². The molecule has 2 rings (SSSR count). The summed E-state index contributed by atoms with van der Waals surface area (Å²) in [7, 11) is 0. The number of aryl methyl sites for hydroxylation is 1. The minimum absolute atomic E-state index is 0.277. The van der Waals surface area contributed by atoms with Crippen molar-refractivity contribution in [2.24, 2.45) is 0 Å². The van der Waals surface area contributed by atoms with Gasteiger partial charge in [0, 0.05) is 9.80 Å². The van der Waals surface area contributed by atoms with E-state index in [4.69, 9.17) is 10.8 Å². The van der Waals surface area contributed by atoms with Crippen molar-refractivity contribution >= 4 is 23.2 Å². The summed E-state index contributed by atoms with van der Waals surface area (Å²) in [5.41, 5.74) is 1.94. The SMILES string of the molecule is CCCCc1ccc(SC2=CC(=N)C(=N)C=C2)cc1. The highest BCUT2D eigenvalue weighted by atomic mass is 32.2. The third kappa shape index (κ3) is 3.93. The average Bonchev–Trinajstić information content (AvgIpc) is 2.42. The first kappa shape index (κ1) is 13.8. The van der Waals surface area contributed by atoms with Crippen molar-refractivity contribution in [3.8, 4) is 0 Å². The van der Waals surface area contributed by atoms with Gasteiger partial charge in [0.2, 0.25) is 0 Å². The number of allylic oxidation sites excluding steroid dienone is 3. The summed E-state index contributed by atoms with van der Waals surface area (Å²) in [5.74, 6) is 0. The van der Waals surface area contributed by atoms with Crippen molar-refractivity contribution in [3.05, 3.63) is 53.0 Å². The maximum atomic E-state index is 7.64. The number of rotatable bonds is 5. The van der Waals surface area contributed by atoms with Crippen LogP contribution in [-0.2, 0) is 6.42 Å². The standard InChI is InChI=1S/C16H18N2S/c1-2-3-4-12-5-7-13(8-6-12)19-14-9-10-15(17)16(18)11-14/h5-11,17-18H,2-4H2,1H3. The third-order valence-corrected chi connectivity index (χ3v) is 3.97. The molecule has 0 saturated carbocycles. The first-order valence-electron chi connectivity index (χ1n) is 6.53. The van der Waals surface area contributed by atoms with Crippen LogP contribution in [0.3, 0.4) is 0 Å². The molecule has 0 bridgehead atoms. The Labute approximate surface area is 118 Å². The van der Waals surface area contributed by atoms with E-state index in [1.807, 2.05) is 6.08 Å². The molecule has 0 aliphatic heterocycles. The third-order valence-electron chi connectivity index (χ3n) is 2.97. The summed E-state index contributed by atoms with van der Waals surface area (Å²) in [6.45, 7) is 2.21. The lowest BCUT2D eigenvalue weighted by Gasteiger charge is -2.08. The van der Waals surface area contributed by atoms with Crippen LogP contribution in [0, 0.1) is 10.8 Å². The monoisotopic (exact) mass is 270 g/mol. The van der Waals surface area contributed by atoms with Gasteiger partial charge in [0.05, 0.1) is 11.4 Å². The van der Waals surface area contributed by atoms with Crippen LogP contribution in [0.15, 0.2) is 52.3 Å². The number of nitrogens with one attached hydrogen (secondary N) is 2. The minimum Gasteiger partial charge on any atom is -0.299 e. The fourth-order valence-corrected chi connectivity index (χ4v) is 2.69. The van der Waals surface area contributed by atoms with Crippen LogP contribution in [-0.4, -0.2) is 11.4 Å². The molecule has 0 unspecified atom stereocenters. The lowest BCUT2D eigenvalue weighted by atomic mass is 10.1. The summed E-state index contributed by atoms with van der Waals surface area (Å²) in [6, 6.07) is 8.62. The zero-order valence-electron chi connectivity index (χ0n) is 11.1. The molecule has 1 aliphatic rings. The Morgan fingerprint density at radius 1 is 1.00 bits per heavy atom. The van der Waals surface area contributed by atoms with Gasteiger partial charge in [-0.2, -0.15) is 0 Å². The van der Waals surface area contributed by atoms with Crippen LogP contribution >= 0.6 is 11.8 Å². The molecule has 0 atom stereocenters. The van der Waals surface area contributed by atoms with Gasteiger partial charge in [0.1, 0.15) is 0 Å².